The van der Waals surface area contributed by atoms with Crippen molar-refractivity contribution in [3.8, 4) is 0 Å². The fourth-order valence-corrected chi connectivity index (χ4v) is 1.82. The topological polar surface area (TPSA) is 91.6 Å². The number of amides is 2. The molecule has 1 aromatic heterocycles. The van der Waals surface area contributed by atoms with Crippen molar-refractivity contribution in [3.05, 3.63) is 23.7 Å². The summed E-state index contributed by atoms with van der Waals surface area (Å²) in [6, 6.07) is 1.86. The van der Waals surface area contributed by atoms with Gasteiger partial charge in [0.1, 0.15) is 17.6 Å². The average molecular weight is 282 g/mol. The zero-order valence-electron chi connectivity index (χ0n) is 12.3. The molecule has 0 radical (unpaired) electrons. The molecule has 6 heteroatoms. The molecule has 0 spiro atoms. The Morgan fingerprint density at radius 2 is 1.95 bits per heavy atom. The van der Waals surface area contributed by atoms with E-state index in [4.69, 9.17) is 9.52 Å². The highest BCUT2D eigenvalue weighted by Crippen LogP contribution is 2.15. The molecule has 0 bridgehead atoms. The molecule has 0 aliphatic carbocycles. The van der Waals surface area contributed by atoms with Gasteiger partial charge in [-0.25, -0.2) is 9.59 Å². The molecule has 20 heavy (non-hydrogen) atoms. The first-order chi connectivity index (χ1) is 9.35. The van der Waals surface area contributed by atoms with Crippen LogP contribution in [0.2, 0.25) is 0 Å². The Morgan fingerprint density at radius 1 is 1.30 bits per heavy atom. The second kappa shape index (κ2) is 6.98. The van der Waals surface area contributed by atoms with Gasteiger partial charge in [0.05, 0.1) is 6.04 Å². The fraction of sp³-hybridized carbons (Fsp3) is 0.571. The molecule has 6 nitrogen and oxygen atoms in total. The van der Waals surface area contributed by atoms with Gasteiger partial charge < -0.3 is 20.2 Å². The van der Waals surface area contributed by atoms with E-state index in [2.05, 4.69) is 10.6 Å². The van der Waals surface area contributed by atoms with Gasteiger partial charge in [-0.3, -0.25) is 0 Å². The van der Waals surface area contributed by atoms with E-state index in [0.717, 1.165) is 5.76 Å². The van der Waals surface area contributed by atoms with Crippen molar-refractivity contribution < 1.29 is 19.1 Å². The summed E-state index contributed by atoms with van der Waals surface area (Å²) in [6.07, 6.45) is 0.671. The van der Waals surface area contributed by atoms with Gasteiger partial charge in [-0.15, -0.1) is 0 Å². The molecule has 0 aliphatic rings. The van der Waals surface area contributed by atoms with E-state index in [1.165, 1.54) is 0 Å². The number of aliphatic carboxylic acids is 1. The lowest BCUT2D eigenvalue weighted by molar-refractivity contribution is -0.140. The lowest BCUT2D eigenvalue weighted by Crippen LogP contribution is -2.49. The molecule has 0 fully saturated rings. The zero-order chi connectivity index (χ0) is 15.3. The van der Waals surface area contributed by atoms with Crippen LogP contribution in [0.15, 0.2) is 16.5 Å². The van der Waals surface area contributed by atoms with Crippen LogP contribution >= 0.6 is 0 Å². The molecule has 0 saturated carbocycles. The maximum atomic E-state index is 11.8. The van der Waals surface area contributed by atoms with Crippen LogP contribution in [0, 0.1) is 12.8 Å². The van der Waals surface area contributed by atoms with E-state index >= 15 is 0 Å². The van der Waals surface area contributed by atoms with Crippen LogP contribution in [-0.4, -0.2) is 23.1 Å². The highest BCUT2D eigenvalue weighted by molar-refractivity contribution is 5.82. The number of furan rings is 1. The monoisotopic (exact) mass is 282 g/mol. The molecular weight excluding hydrogens is 260 g/mol. The predicted molar refractivity (Wildman–Crippen MR) is 74.4 cm³/mol. The highest BCUT2D eigenvalue weighted by atomic mass is 16.4. The Hall–Kier alpha value is -1.98. The summed E-state index contributed by atoms with van der Waals surface area (Å²) in [5, 5.41) is 14.3. The maximum Gasteiger partial charge on any atom is 0.326 e. The molecule has 0 aliphatic heterocycles. The average Bonchev–Trinajstić information content (AvgIpc) is 2.81. The Bertz CT molecular complexity index is 469. The third-order valence-corrected chi connectivity index (χ3v) is 3.30. The normalized spacial score (nSPS) is 15.2. The third kappa shape index (κ3) is 4.29. The number of carbonyl (C=O) groups is 2. The summed E-state index contributed by atoms with van der Waals surface area (Å²) < 4.78 is 5.41. The standard InChI is InChI=1S/C14H22N2O4/c1-5-8(2)12(13(17)18)16-14(19)15-10(4)11-7-6-9(3)20-11/h6-8,10,12H,5H2,1-4H3,(H,17,18)(H2,15,16,19). The molecule has 3 unspecified atom stereocenters. The van der Waals surface area contributed by atoms with E-state index in [-0.39, 0.29) is 12.0 Å². The number of rotatable bonds is 6. The molecule has 0 saturated heterocycles. The minimum atomic E-state index is -1.03. The van der Waals surface area contributed by atoms with Crippen molar-refractivity contribution in [2.24, 2.45) is 5.92 Å². The van der Waals surface area contributed by atoms with Crippen LogP contribution in [0.5, 0.6) is 0 Å². The van der Waals surface area contributed by atoms with E-state index in [0.29, 0.717) is 12.2 Å². The number of carboxylic acid groups (broad SMARTS) is 1. The summed E-state index contributed by atoms with van der Waals surface area (Å²) in [4.78, 5) is 23.0. The van der Waals surface area contributed by atoms with Crippen molar-refractivity contribution in [1.82, 2.24) is 10.6 Å². The van der Waals surface area contributed by atoms with Gasteiger partial charge in [-0.1, -0.05) is 20.3 Å². The van der Waals surface area contributed by atoms with E-state index in [1.807, 2.05) is 19.9 Å². The first-order valence-corrected chi connectivity index (χ1v) is 6.71. The molecular formula is C14H22N2O4. The van der Waals surface area contributed by atoms with Gasteiger partial charge in [-0.2, -0.15) is 0 Å². The molecule has 1 aromatic rings. The van der Waals surface area contributed by atoms with Crippen LogP contribution in [-0.2, 0) is 4.79 Å². The van der Waals surface area contributed by atoms with Gasteiger partial charge in [-0.05, 0) is 31.9 Å². The fourth-order valence-electron chi connectivity index (χ4n) is 1.82. The number of hydrogen-bond acceptors (Lipinski definition) is 3. The van der Waals surface area contributed by atoms with Gasteiger partial charge in [0.15, 0.2) is 0 Å². The largest absolute Gasteiger partial charge is 0.480 e. The second-order valence-electron chi connectivity index (χ2n) is 4.99. The summed E-state index contributed by atoms with van der Waals surface area (Å²) in [5.41, 5.74) is 0. The number of carboxylic acids is 1. The lowest BCUT2D eigenvalue weighted by Gasteiger charge is -2.21. The number of hydrogen-bond donors (Lipinski definition) is 3. The smallest absolute Gasteiger partial charge is 0.326 e. The maximum absolute atomic E-state index is 11.8. The quantitative estimate of drug-likeness (QED) is 0.747. The minimum Gasteiger partial charge on any atom is -0.480 e. The van der Waals surface area contributed by atoms with Gasteiger partial charge >= 0.3 is 12.0 Å². The van der Waals surface area contributed by atoms with E-state index in [9.17, 15) is 9.59 Å². The van der Waals surface area contributed by atoms with E-state index < -0.39 is 18.0 Å². The second-order valence-corrected chi connectivity index (χ2v) is 4.99. The van der Waals surface area contributed by atoms with Crippen molar-refractivity contribution in [2.45, 2.75) is 46.2 Å². The summed E-state index contributed by atoms with van der Waals surface area (Å²) >= 11 is 0. The number of aryl methyl sites for hydroxylation is 1. The Labute approximate surface area is 118 Å². The molecule has 3 N–H and O–H groups in total. The first kappa shape index (κ1) is 16.1. The van der Waals surface area contributed by atoms with Crippen molar-refractivity contribution in [1.29, 1.82) is 0 Å². The molecule has 1 rings (SSSR count). The molecule has 3 atom stereocenters. The third-order valence-electron chi connectivity index (χ3n) is 3.30. The Kier molecular flexibility index (Phi) is 5.61. The number of urea groups is 1. The predicted octanol–water partition coefficient (Wildman–Crippen LogP) is 2.45. The first-order valence-electron chi connectivity index (χ1n) is 6.71. The highest BCUT2D eigenvalue weighted by Gasteiger charge is 2.26. The van der Waals surface area contributed by atoms with Crippen LogP contribution in [0.4, 0.5) is 4.79 Å². The van der Waals surface area contributed by atoms with Gasteiger partial charge in [0, 0.05) is 0 Å². The molecule has 1 heterocycles. The van der Waals surface area contributed by atoms with Crippen molar-refractivity contribution >= 4 is 12.0 Å². The Balaban J connectivity index is 2.59. The van der Waals surface area contributed by atoms with Gasteiger partial charge in [0.25, 0.3) is 0 Å². The molecule has 112 valence electrons. The summed E-state index contributed by atoms with van der Waals surface area (Å²) in [6.45, 7) is 7.27. The van der Waals surface area contributed by atoms with Crippen LogP contribution < -0.4 is 10.6 Å². The van der Waals surface area contributed by atoms with E-state index in [1.54, 1.807) is 19.9 Å². The molecule has 2 amide bonds. The summed E-state index contributed by atoms with van der Waals surface area (Å²) in [7, 11) is 0. The van der Waals surface area contributed by atoms with Crippen molar-refractivity contribution in [3.63, 3.8) is 0 Å². The zero-order valence-corrected chi connectivity index (χ0v) is 12.3. The SMILES string of the molecule is CCC(C)C(NC(=O)NC(C)c1ccc(C)o1)C(=O)O. The lowest BCUT2D eigenvalue weighted by atomic mass is 9.99. The van der Waals surface area contributed by atoms with Crippen molar-refractivity contribution in [2.75, 3.05) is 0 Å². The number of carbonyl (C=O) groups excluding carboxylic acids is 1. The summed E-state index contributed by atoms with van der Waals surface area (Å²) in [5.74, 6) is 0.223. The van der Waals surface area contributed by atoms with Gasteiger partial charge in [0.2, 0.25) is 0 Å². The van der Waals surface area contributed by atoms with Crippen LogP contribution in [0.25, 0.3) is 0 Å². The number of nitrogens with one attached hydrogen (secondary N) is 2. The van der Waals surface area contributed by atoms with Crippen LogP contribution in [0.1, 0.15) is 44.8 Å². The minimum absolute atomic E-state index is 0.139. The Morgan fingerprint density at radius 3 is 2.40 bits per heavy atom. The van der Waals surface area contributed by atoms with Crippen LogP contribution in [0.3, 0.4) is 0 Å². The molecule has 0 aromatic carbocycles.